The molecule has 2 aromatic rings. The normalized spacial score (nSPS) is 37.3. The fourth-order valence-electron chi connectivity index (χ4n) is 9.25. The van der Waals surface area contributed by atoms with E-state index >= 15 is 0 Å². The van der Waals surface area contributed by atoms with Gasteiger partial charge >= 0.3 is 5.97 Å². The number of furan rings is 1. The van der Waals surface area contributed by atoms with E-state index in [-0.39, 0.29) is 36.7 Å². The van der Waals surface area contributed by atoms with Crippen molar-refractivity contribution in [1.29, 1.82) is 0 Å². The van der Waals surface area contributed by atoms with Crippen LogP contribution in [0, 0.1) is 28.1 Å². The number of ketones is 1. The minimum absolute atomic E-state index is 0.0579. The highest BCUT2D eigenvalue weighted by Crippen LogP contribution is 2.70. The van der Waals surface area contributed by atoms with E-state index in [1.54, 1.807) is 39.6 Å². The van der Waals surface area contributed by atoms with Crippen LogP contribution in [-0.4, -0.2) is 55.3 Å². The van der Waals surface area contributed by atoms with Crippen molar-refractivity contribution in [3.05, 3.63) is 77.3 Å². The maximum Gasteiger partial charge on any atom is 0.305 e. The first kappa shape index (κ1) is 30.3. The number of benzene rings is 1. The summed E-state index contributed by atoms with van der Waals surface area (Å²) in [7, 11) is 2.92. The van der Waals surface area contributed by atoms with E-state index in [9.17, 15) is 19.5 Å². The molecule has 0 spiro atoms. The van der Waals surface area contributed by atoms with Gasteiger partial charge in [-0.1, -0.05) is 37.6 Å². The highest BCUT2D eigenvalue weighted by Gasteiger charge is 2.74. The van der Waals surface area contributed by atoms with Gasteiger partial charge in [0.15, 0.2) is 5.78 Å². The van der Waals surface area contributed by atoms with E-state index in [0.29, 0.717) is 12.2 Å². The minimum Gasteiger partial charge on any atom is -0.497 e. The lowest BCUT2D eigenvalue weighted by atomic mass is 9.41. The summed E-state index contributed by atoms with van der Waals surface area (Å²) in [5, 5.41) is 15.3. The van der Waals surface area contributed by atoms with Crippen molar-refractivity contribution in [1.82, 2.24) is 5.32 Å². The zero-order chi connectivity index (χ0) is 31.6. The molecule has 6 rings (SSSR count). The van der Waals surface area contributed by atoms with Crippen LogP contribution in [0.5, 0.6) is 5.75 Å². The van der Waals surface area contributed by atoms with Gasteiger partial charge in [0.2, 0.25) is 5.91 Å². The van der Waals surface area contributed by atoms with Gasteiger partial charge in [0.25, 0.3) is 0 Å². The molecule has 2 N–H and O–H groups in total. The number of hydrogen-bond acceptors (Lipinski definition) is 8. The fourth-order valence-corrected chi connectivity index (χ4v) is 9.25. The molecular formula is C35H41NO8. The molecule has 1 aromatic carbocycles. The van der Waals surface area contributed by atoms with Crippen molar-refractivity contribution in [2.45, 2.75) is 71.3 Å². The number of allylic oxidation sites excluding steroid dienone is 2. The van der Waals surface area contributed by atoms with Gasteiger partial charge in [-0.3, -0.25) is 14.4 Å². The molecule has 3 aliphatic carbocycles. The predicted molar refractivity (Wildman–Crippen MR) is 160 cm³/mol. The number of hydrogen-bond donors (Lipinski definition) is 2. The third-order valence-corrected chi connectivity index (χ3v) is 11.3. The Morgan fingerprint density at radius 1 is 1.14 bits per heavy atom. The van der Waals surface area contributed by atoms with Crippen molar-refractivity contribution in [2.24, 2.45) is 28.1 Å². The smallest absolute Gasteiger partial charge is 0.305 e. The van der Waals surface area contributed by atoms with Gasteiger partial charge in [-0.25, -0.2) is 0 Å². The molecule has 9 heteroatoms. The monoisotopic (exact) mass is 603 g/mol. The van der Waals surface area contributed by atoms with E-state index in [1.807, 2.05) is 37.3 Å². The van der Waals surface area contributed by atoms with E-state index in [1.165, 1.54) is 13.2 Å². The molecule has 2 fully saturated rings. The Kier molecular flexibility index (Phi) is 7.40. The summed E-state index contributed by atoms with van der Waals surface area (Å²) in [6, 6.07) is 9.36. The number of carbonyl (C=O) groups is 3. The van der Waals surface area contributed by atoms with Crippen molar-refractivity contribution < 1.29 is 38.1 Å². The Bertz CT molecular complexity index is 1540. The Hall–Kier alpha value is -3.69. The second-order valence-electron chi connectivity index (χ2n) is 13.4. The molecule has 1 aliphatic heterocycles. The second-order valence-corrected chi connectivity index (χ2v) is 13.4. The lowest BCUT2D eigenvalue weighted by Crippen LogP contribution is -2.70. The first-order valence-electron chi connectivity index (χ1n) is 15.2. The molecule has 1 amide bonds. The third-order valence-electron chi connectivity index (χ3n) is 11.3. The van der Waals surface area contributed by atoms with Gasteiger partial charge in [-0.05, 0) is 67.2 Å². The van der Waals surface area contributed by atoms with Crippen LogP contribution in [0.1, 0.15) is 57.6 Å². The maximum absolute atomic E-state index is 14.1. The number of ether oxygens (including phenoxy) is 3. The number of amides is 1. The molecule has 9 atom stereocenters. The molecule has 4 aliphatic rings. The summed E-state index contributed by atoms with van der Waals surface area (Å²) in [6.07, 6.45) is 4.84. The van der Waals surface area contributed by atoms with Crippen LogP contribution in [0.25, 0.3) is 0 Å². The molecule has 2 heterocycles. The molecular weight excluding hydrogens is 562 g/mol. The van der Waals surface area contributed by atoms with Crippen molar-refractivity contribution >= 4 is 17.7 Å². The summed E-state index contributed by atoms with van der Waals surface area (Å²) in [5.41, 5.74) is 0.577. The number of methoxy groups -OCH3 is 2. The van der Waals surface area contributed by atoms with Gasteiger partial charge in [-0.15, -0.1) is 0 Å². The van der Waals surface area contributed by atoms with Crippen LogP contribution in [-0.2, 0) is 30.4 Å². The number of esters is 1. The highest BCUT2D eigenvalue weighted by atomic mass is 16.5. The Morgan fingerprint density at radius 2 is 1.91 bits per heavy atom. The topological polar surface area (TPSA) is 124 Å². The van der Waals surface area contributed by atoms with Gasteiger partial charge < -0.3 is 29.1 Å². The first-order chi connectivity index (χ1) is 20.9. The zero-order valence-electron chi connectivity index (χ0n) is 26.1. The van der Waals surface area contributed by atoms with Crippen LogP contribution in [0.4, 0.5) is 0 Å². The molecule has 1 saturated heterocycles. The molecule has 0 bridgehead atoms. The lowest BCUT2D eigenvalue weighted by Gasteiger charge is -2.62. The average Bonchev–Trinajstić information content (AvgIpc) is 3.73. The number of aliphatic hydroxyl groups excluding tert-OH is 1. The third kappa shape index (κ3) is 4.23. The summed E-state index contributed by atoms with van der Waals surface area (Å²) >= 11 is 0. The minimum atomic E-state index is -1.28. The summed E-state index contributed by atoms with van der Waals surface area (Å²) in [6.45, 7) is 7.88. The summed E-state index contributed by atoms with van der Waals surface area (Å²) in [4.78, 5) is 41.3. The largest absolute Gasteiger partial charge is 0.497 e. The Labute approximate surface area is 257 Å². The number of carbonyl (C=O) groups excluding carboxylic acids is 3. The molecule has 0 unspecified atom stereocenters. The van der Waals surface area contributed by atoms with Crippen LogP contribution in [0.15, 0.2) is 70.6 Å². The quantitative estimate of drug-likeness (QED) is 0.350. The standard InChI is InChI=1S/C35H41NO8/c1-19-23(21-11-13-43-18-21)15-24-28(19)35(4)25(16-27(38)42-6)34(3)26(37)10-12-33(2,30(34)29(39)31(35)44-24)32(40)36-17-20-8-7-9-22(14-20)41-5/h7-14,18,23-25,29-31,39H,15-17H2,1-6H3,(H,36,40)/t23-,24-,25-,29-,30+,31-,33-,34+,35-/m1/s1. The van der Waals surface area contributed by atoms with Crippen LogP contribution >= 0.6 is 0 Å². The fraction of sp³-hybridized carbons (Fsp3) is 0.514. The number of rotatable bonds is 7. The van der Waals surface area contributed by atoms with Crippen molar-refractivity contribution in [2.75, 3.05) is 14.2 Å². The summed E-state index contributed by atoms with van der Waals surface area (Å²) < 4.78 is 22.6. The lowest BCUT2D eigenvalue weighted by molar-refractivity contribution is -0.211. The highest BCUT2D eigenvalue weighted by molar-refractivity contribution is 6.00. The van der Waals surface area contributed by atoms with E-state index in [4.69, 9.17) is 18.6 Å². The number of aliphatic hydroxyl groups is 1. The van der Waals surface area contributed by atoms with Crippen LogP contribution in [0.3, 0.4) is 0 Å². The Balaban J connectivity index is 1.43. The van der Waals surface area contributed by atoms with Crippen LogP contribution < -0.4 is 10.1 Å². The van der Waals surface area contributed by atoms with Gasteiger partial charge in [0.1, 0.15) is 5.75 Å². The molecule has 0 radical (unpaired) electrons. The maximum atomic E-state index is 14.1. The Morgan fingerprint density at radius 3 is 2.59 bits per heavy atom. The molecule has 1 aromatic heterocycles. The second kappa shape index (κ2) is 10.7. The number of fused-ring (bicyclic) bond motifs is 4. The van der Waals surface area contributed by atoms with Crippen molar-refractivity contribution in [3.8, 4) is 5.75 Å². The van der Waals surface area contributed by atoms with Gasteiger partial charge in [0.05, 0.1) is 56.9 Å². The predicted octanol–water partition coefficient (Wildman–Crippen LogP) is 4.50. The van der Waals surface area contributed by atoms with E-state index in [2.05, 4.69) is 12.2 Å². The van der Waals surface area contributed by atoms with E-state index < -0.39 is 46.3 Å². The van der Waals surface area contributed by atoms with Gasteiger partial charge in [0, 0.05) is 29.2 Å². The SMILES string of the molecule is COC(=O)C[C@H]1[C@]2(C)C3=C(C)[C@H](c4ccoc4)C[C@H]3O[C@@H]2[C@H](O)[C@@H]2[C@]1(C)C(=O)C=C[C@@]2(C)C(=O)NCc1cccc(OC)c1. The molecule has 44 heavy (non-hydrogen) atoms. The first-order valence-corrected chi connectivity index (χ1v) is 15.2. The average molecular weight is 604 g/mol. The molecule has 9 nitrogen and oxygen atoms in total. The molecule has 1 saturated carbocycles. The van der Waals surface area contributed by atoms with Crippen LogP contribution in [0.2, 0.25) is 0 Å². The number of nitrogens with one attached hydrogen (secondary N) is 1. The van der Waals surface area contributed by atoms with Gasteiger partial charge in [-0.2, -0.15) is 0 Å². The van der Waals surface area contributed by atoms with E-state index in [0.717, 1.165) is 22.3 Å². The van der Waals surface area contributed by atoms with Crippen molar-refractivity contribution in [3.63, 3.8) is 0 Å². The molecule has 234 valence electrons. The zero-order valence-corrected chi connectivity index (χ0v) is 26.1. The summed E-state index contributed by atoms with van der Waals surface area (Å²) in [5.74, 6) is -1.74.